The molecule has 9 heteroatoms. The molecule has 1 aromatic heterocycles. The van der Waals surface area contributed by atoms with E-state index in [0.717, 1.165) is 35.5 Å². The number of rotatable bonds is 6. The summed E-state index contributed by atoms with van der Waals surface area (Å²) in [5.74, 6) is 0.272. The zero-order chi connectivity index (χ0) is 23.4. The number of anilines is 3. The van der Waals surface area contributed by atoms with Crippen LogP contribution in [0.1, 0.15) is 29.3 Å². The van der Waals surface area contributed by atoms with Crippen LogP contribution in [0.5, 0.6) is 0 Å². The Labute approximate surface area is 201 Å². The summed E-state index contributed by atoms with van der Waals surface area (Å²) in [6.07, 6.45) is 1.76. The number of hydrogen-bond acceptors (Lipinski definition) is 4. The van der Waals surface area contributed by atoms with Crippen LogP contribution in [0.2, 0.25) is 5.02 Å². The number of nitrogens with one attached hydrogen (secondary N) is 4. The van der Waals surface area contributed by atoms with Crippen LogP contribution in [0.4, 0.5) is 21.9 Å². The molecule has 0 bridgehead atoms. The maximum atomic E-state index is 13.1. The first-order valence-corrected chi connectivity index (χ1v) is 11.8. The Morgan fingerprint density at radius 3 is 2.48 bits per heavy atom. The summed E-state index contributed by atoms with van der Waals surface area (Å²) in [4.78, 5) is 28.4. The third-order valence-corrected chi connectivity index (χ3v) is 6.53. The summed E-state index contributed by atoms with van der Waals surface area (Å²) >= 11 is 7.28. The second-order valence-corrected chi connectivity index (χ2v) is 9.16. The average molecular weight is 482 g/mol. The third-order valence-electron chi connectivity index (χ3n) is 5.34. The van der Waals surface area contributed by atoms with E-state index in [1.807, 2.05) is 47.5 Å². The topological polar surface area (TPSA) is 97.3 Å². The highest BCUT2D eigenvalue weighted by atomic mass is 35.5. The van der Waals surface area contributed by atoms with Gasteiger partial charge in [0.1, 0.15) is 11.9 Å². The van der Waals surface area contributed by atoms with Gasteiger partial charge in [-0.1, -0.05) is 17.7 Å². The molecular formula is C24H24ClN5O2S. The number of thiophene rings is 1. The van der Waals surface area contributed by atoms with Gasteiger partial charge in [0.05, 0.1) is 0 Å². The van der Waals surface area contributed by atoms with Crippen LogP contribution < -0.4 is 20.9 Å². The lowest BCUT2D eigenvalue weighted by molar-refractivity contribution is -0.118. The number of benzene rings is 2. The quantitative estimate of drug-likeness (QED) is 0.358. The second-order valence-electron chi connectivity index (χ2n) is 7.75. The van der Waals surface area contributed by atoms with Gasteiger partial charge in [-0.05, 0) is 72.8 Å². The molecule has 1 unspecified atom stereocenters. The Balaban J connectivity index is 1.47. The number of nitrogens with zero attached hydrogens (tertiary/aromatic N) is 1. The predicted molar refractivity (Wildman–Crippen MR) is 135 cm³/mol. The van der Waals surface area contributed by atoms with E-state index in [9.17, 15) is 9.59 Å². The van der Waals surface area contributed by atoms with Gasteiger partial charge in [0.2, 0.25) is 0 Å². The number of halogens is 1. The summed E-state index contributed by atoms with van der Waals surface area (Å²) in [7, 11) is 0. The molecule has 0 spiro atoms. The van der Waals surface area contributed by atoms with Gasteiger partial charge < -0.3 is 20.9 Å². The Bertz CT molecular complexity index is 1160. The fourth-order valence-corrected chi connectivity index (χ4v) is 4.64. The van der Waals surface area contributed by atoms with Crippen molar-refractivity contribution in [2.24, 2.45) is 0 Å². The van der Waals surface area contributed by atoms with Crippen molar-refractivity contribution in [1.29, 1.82) is 5.41 Å². The van der Waals surface area contributed by atoms with E-state index in [1.54, 1.807) is 24.3 Å². The number of urea groups is 1. The number of aryl methyl sites for hydroxylation is 1. The number of hydrogen-bond donors (Lipinski definition) is 4. The van der Waals surface area contributed by atoms with Crippen molar-refractivity contribution in [2.45, 2.75) is 25.8 Å². The van der Waals surface area contributed by atoms with Crippen LogP contribution in [0.15, 0.2) is 60.0 Å². The predicted octanol–water partition coefficient (Wildman–Crippen LogP) is 5.79. The smallest absolute Gasteiger partial charge is 0.320 e. The minimum absolute atomic E-state index is 0.343. The normalized spacial score (nSPS) is 14.1. The molecule has 4 rings (SSSR count). The molecule has 1 aliphatic rings. The van der Waals surface area contributed by atoms with E-state index in [4.69, 9.17) is 17.0 Å². The van der Waals surface area contributed by atoms with Crippen LogP contribution in [-0.2, 0) is 4.79 Å². The lowest BCUT2D eigenvalue weighted by Crippen LogP contribution is -2.39. The first-order chi connectivity index (χ1) is 15.9. The highest BCUT2D eigenvalue weighted by Crippen LogP contribution is 2.28. The SMILES string of the molecule is Cc1cc(NC(=O)C(NC(=O)Nc2ccc(Cl)cc2)c2cccs2)ccc1N1CCCC1=N. The summed E-state index contributed by atoms with van der Waals surface area (Å²) in [5, 5.41) is 18.9. The van der Waals surface area contributed by atoms with Crippen LogP contribution in [-0.4, -0.2) is 24.3 Å². The number of amides is 3. The maximum Gasteiger partial charge on any atom is 0.320 e. The molecule has 1 atom stereocenters. The molecule has 3 aromatic rings. The second kappa shape index (κ2) is 10.1. The van der Waals surface area contributed by atoms with E-state index in [-0.39, 0.29) is 5.91 Å². The Hall–Kier alpha value is -3.36. The zero-order valence-electron chi connectivity index (χ0n) is 18.0. The van der Waals surface area contributed by atoms with Gasteiger partial charge in [-0.3, -0.25) is 10.2 Å². The van der Waals surface area contributed by atoms with E-state index >= 15 is 0 Å². The molecule has 0 aliphatic carbocycles. The van der Waals surface area contributed by atoms with Crippen LogP contribution in [0, 0.1) is 12.3 Å². The highest BCUT2D eigenvalue weighted by molar-refractivity contribution is 7.10. The monoisotopic (exact) mass is 481 g/mol. The molecular weight excluding hydrogens is 458 g/mol. The summed E-state index contributed by atoms with van der Waals surface area (Å²) < 4.78 is 0. The number of amidine groups is 1. The van der Waals surface area contributed by atoms with Crippen molar-refractivity contribution in [1.82, 2.24) is 5.32 Å². The molecule has 4 N–H and O–H groups in total. The zero-order valence-corrected chi connectivity index (χ0v) is 19.6. The van der Waals surface area contributed by atoms with E-state index in [2.05, 4.69) is 16.0 Å². The van der Waals surface area contributed by atoms with Gasteiger partial charge in [-0.25, -0.2) is 4.79 Å². The lowest BCUT2D eigenvalue weighted by Gasteiger charge is -2.22. The molecule has 2 heterocycles. The molecule has 170 valence electrons. The molecule has 1 fully saturated rings. The molecule has 1 saturated heterocycles. The van der Waals surface area contributed by atoms with Crippen molar-refractivity contribution in [3.8, 4) is 0 Å². The minimum Gasteiger partial charge on any atom is -0.330 e. The Morgan fingerprint density at radius 2 is 1.85 bits per heavy atom. The maximum absolute atomic E-state index is 13.1. The van der Waals surface area contributed by atoms with Gasteiger partial charge in [-0.15, -0.1) is 11.3 Å². The molecule has 0 saturated carbocycles. The average Bonchev–Trinajstić information content (AvgIpc) is 3.46. The largest absolute Gasteiger partial charge is 0.330 e. The van der Waals surface area contributed by atoms with Crippen LogP contribution >= 0.6 is 22.9 Å². The van der Waals surface area contributed by atoms with Crippen molar-refractivity contribution in [3.63, 3.8) is 0 Å². The van der Waals surface area contributed by atoms with E-state index in [0.29, 0.717) is 22.2 Å². The van der Waals surface area contributed by atoms with Gasteiger partial charge >= 0.3 is 6.03 Å². The Morgan fingerprint density at radius 1 is 1.09 bits per heavy atom. The van der Waals surface area contributed by atoms with Crippen molar-refractivity contribution >= 4 is 57.8 Å². The van der Waals surface area contributed by atoms with Crippen molar-refractivity contribution in [3.05, 3.63) is 75.4 Å². The van der Waals surface area contributed by atoms with E-state index in [1.165, 1.54) is 11.3 Å². The van der Waals surface area contributed by atoms with E-state index < -0.39 is 12.1 Å². The van der Waals surface area contributed by atoms with Crippen molar-refractivity contribution < 1.29 is 9.59 Å². The van der Waals surface area contributed by atoms with Crippen LogP contribution in [0.3, 0.4) is 0 Å². The Kier molecular flexibility index (Phi) is 6.96. The standard InChI is InChI=1S/C24H24ClN5O2S/c1-15-14-18(10-11-19(15)30-12-2-5-21(30)26)27-23(31)22(20-4-3-13-33-20)29-24(32)28-17-8-6-16(25)7-9-17/h3-4,6-11,13-14,22,26H,2,5,12H2,1H3,(H,27,31)(H2,28,29,32). The fraction of sp³-hybridized carbons (Fsp3) is 0.208. The summed E-state index contributed by atoms with van der Waals surface area (Å²) in [6, 6.07) is 14.7. The molecule has 33 heavy (non-hydrogen) atoms. The number of carbonyl (C=O) groups is 2. The molecule has 2 aromatic carbocycles. The lowest BCUT2D eigenvalue weighted by atomic mass is 10.1. The van der Waals surface area contributed by atoms with Gasteiger partial charge in [0.25, 0.3) is 5.91 Å². The van der Waals surface area contributed by atoms with Gasteiger partial charge in [0.15, 0.2) is 0 Å². The molecule has 0 radical (unpaired) electrons. The number of carbonyl (C=O) groups excluding carboxylic acids is 2. The van der Waals surface area contributed by atoms with Crippen molar-refractivity contribution in [2.75, 3.05) is 22.1 Å². The van der Waals surface area contributed by atoms with Gasteiger partial charge in [-0.2, -0.15) is 0 Å². The van der Waals surface area contributed by atoms with Crippen LogP contribution in [0.25, 0.3) is 0 Å². The van der Waals surface area contributed by atoms with Gasteiger partial charge in [0, 0.05) is 39.9 Å². The highest BCUT2D eigenvalue weighted by Gasteiger charge is 2.25. The first kappa shape index (κ1) is 22.8. The summed E-state index contributed by atoms with van der Waals surface area (Å²) in [5.41, 5.74) is 3.15. The fourth-order valence-electron chi connectivity index (χ4n) is 3.74. The minimum atomic E-state index is -0.857. The molecule has 7 nitrogen and oxygen atoms in total. The first-order valence-electron chi connectivity index (χ1n) is 10.5. The molecule has 3 amide bonds. The summed E-state index contributed by atoms with van der Waals surface area (Å²) in [6.45, 7) is 2.80. The molecule has 1 aliphatic heterocycles. The third kappa shape index (κ3) is 5.53.